The molecule has 1 aliphatic carbocycles. The van der Waals surface area contributed by atoms with Crippen molar-refractivity contribution in [3.05, 3.63) is 0 Å². The van der Waals surface area contributed by atoms with Crippen LogP contribution in [-0.2, 0) is 4.79 Å². The molecule has 13 heavy (non-hydrogen) atoms. The van der Waals surface area contributed by atoms with Gasteiger partial charge in [0.05, 0.1) is 0 Å². The molecular weight excluding hydrogens is 186 g/mol. The summed E-state index contributed by atoms with van der Waals surface area (Å²) in [6.07, 6.45) is 2.73. The van der Waals surface area contributed by atoms with Gasteiger partial charge in [-0.15, -0.1) is 0 Å². The summed E-state index contributed by atoms with van der Waals surface area (Å²) < 4.78 is 0. The fourth-order valence-electron chi connectivity index (χ4n) is 2.03. The summed E-state index contributed by atoms with van der Waals surface area (Å²) >= 11 is 1.90. The molecule has 0 bridgehead atoms. The molecule has 0 aromatic rings. The van der Waals surface area contributed by atoms with Crippen LogP contribution < -0.4 is 0 Å². The van der Waals surface area contributed by atoms with Gasteiger partial charge in [0, 0.05) is 17.5 Å². The summed E-state index contributed by atoms with van der Waals surface area (Å²) in [5.74, 6) is 1.58. The van der Waals surface area contributed by atoms with E-state index in [0.29, 0.717) is 6.04 Å². The van der Waals surface area contributed by atoms with Gasteiger partial charge >= 0.3 is 5.97 Å². The van der Waals surface area contributed by atoms with Crippen LogP contribution in [0.2, 0.25) is 0 Å². The zero-order chi connectivity index (χ0) is 9.47. The summed E-state index contributed by atoms with van der Waals surface area (Å²) in [4.78, 5) is 13.2. The lowest BCUT2D eigenvalue weighted by Crippen LogP contribution is -2.63. The quantitative estimate of drug-likeness (QED) is 0.740. The van der Waals surface area contributed by atoms with Crippen LogP contribution in [0.3, 0.4) is 0 Å². The number of carboxylic acid groups (broad SMARTS) is 1. The van der Waals surface area contributed by atoms with Crippen LogP contribution in [0.5, 0.6) is 0 Å². The molecule has 1 saturated carbocycles. The Bertz CT molecular complexity index is 224. The monoisotopic (exact) mass is 201 g/mol. The maximum absolute atomic E-state index is 11.1. The van der Waals surface area contributed by atoms with Crippen molar-refractivity contribution in [2.75, 3.05) is 18.6 Å². The van der Waals surface area contributed by atoms with E-state index in [9.17, 15) is 9.90 Å². The Morgan fingerprint density at radius 2 is 2.15 bits per heavy atom. The Morgan fingerprint density at radius 1 is 1.54 bits per heavy atom. The number of aliphatic carboxylic acids is 1. The fourth-order valence-corrected chi connectivity index (χ4v) is 2.92. The molecule has 3 nitrogen and oxygen atoms in total. The van der Waals surface area contributed by atoms with E-state index in [1.54, 1.807) is 0 Å². The summed E-state index contributed by atoms with van der Waals surface area (Å²) in [6.45, 7) is 0. The van der Waals surface area contributed by atoms with Crippen LogP contribution in [0.4, 0.5) is 0 Å². The molecule has 0 atom stereocenters. The normalized spacial score (nSPS) is 26.6. The number of nitrogens with zero attached hydrogens (tertiary/aromatic N) is 1. The number of carbonyl (C=O) groups is 1. The lowest BCUT2D eigenvalue weighted by Gasteiger charge is -2.50. The van der Waals surface area contributed by atoms with E-state index in [0.717, 1.165) is 30.8 Å². The predicted octanol–water partition coefficient (Wildman–Crippen LogP) is 1.04. The largest absolute Gasteiger partial charge is 0.480 e. The van der Waals surface area contributed by atoms with Crippen LogP contribution in [0.25, 0.3) is 0 Å². The minimum Gasteiger partial charge on any atom is -0.480 e. The van der Waals surface area contributed by atoms with Crippen molar-refractivity contribution in [1.29, 1.82) is 0 Å². The molecule has 2 aliphatic rings. The van der Waals surface area contributed by atoms with Gasteiger partial charge in [-0.3, -0.25) is 9.69 Å². The average Bonchev–Trinajstić information content (AvgIpc) is 1.77. The summed E-state index contributed by atoms with van der Waals surface area (Å²) in [5, 5.41) is 9.17. The van der Waals surface area contributed by atoms with Crippen molar-refractivity contribution in [2.24, 2.45) is 0 Å². The topological polar surface area (TPSA) is 40.5 Å². The molecule has 0 aromatic heterocycles. The van der Waals surface area contributed by atoms with Crippen molar-refractivity contribution in [3.8, 4) is 0 Å². The van der Waals surface area contributed by atoms with Crippen molar-refractivity contribution < 1.29 is 9.90 Å². The number of hydrogen-bond donors (Lipinski definition) is 1. The van der Waals surface area contributed by atoms with Gasteiger partial charge in [-0.2, -0.15) is 11.8 Å². The van der Waals surface area contributed by atoms with Crippen LogP contribution in [0.15, 0.2) is 0 Å². The number of likely N-dealkylation sites (N-methyl/N-ethyl adjacent to an activating group) is 1. The Hall–Kier alpha value is -0.220. The molecule has 1 saturated heterocycles. The number of hydrogen-bond acceptors (Lipinski definition) is 3. The average molecular weight is 201 g/mol. The zero-order valence-corrected chi connectivity index (χ0v) is 8.64. The second kappa shape index (κ2) is 3.17. The van der Waals surface area contributed by atoms with Crippen molar-refractivity contribution in [1.82, 2.24) is 4.90 Å². The maximum Gasteiger partial charge on any atom is 0.324 e. The third-order valence-corrected chi connectivity index (χ3v) is 4.66. The van der Waals surface area contributed by atoms with E-state index in [-0.39, 0.29) is 0 Å². The Balaban J connectivity index is 2.06. The highest BCUT2D eigenvalue weighted by Gasteiger charge is 2.50. The Labute approximate surface area is 82.5 Å². The molecule has 0 spiro atoms. The molecule has 0 unspecified atom stereocenters. The highest BCUT2D eigenvalue weighted by atomic mass is 32.2. The van der Waals surface area contributed by atoms with Gasteiger partial charge in [0.25, 0.3) is 0 Å². The van der Waals surface area contributed by atoms with E-state index in [2.05, 4.69) is 4.90 Å². The van der Waals surface area contributed by atoms with E-state index < -0.39 is 11.5 Å². The lowest BCUT2D eigenvalue weighted by atomic mass is 9.75. The van der Waals surface area contributed by atoms with Gasteiger partial charge in [0.1, 0.15) is 5.54 Å². The first-order chi connectivity index (χ1) is 6.17. The van der Waals surface area contributed by atoms with Crippen LogP contribution in [-0.4, -0.2) is 46.1 Å². The first kappa shape index (κ1) is 9.34. The smallest absolute Gasteiger partial charge is 0.324 e. The van der Waals surface area contributed by atoms with Crippen LogP contribution in [0.1, 0.15) is 19.3 Å². The van der Waals surface area contributed by atoms with E-state index in [1.165, 1.54) is 0 Å². The summed E-state index contributed by atoms with van der Waals surface area (Å²) in [6, 6.07) is 0.501. The van der Waals surface area contributed by atoms with Crippen molar-refractivity contribution in [3.63, 3.8) is 0 Å². The molecule has 74 valence electrons. The Kier molecular flexibility index (Phi) is 2.28. The van der Waals surface area contributed by atoms with Crippen LogP contribution in [0, 0.1) is 0 Å². The van der Waals surface area contributed by atoms with Gasteiger partial charge < -0.3 is 5.11 Å². The molecule has 0 radical (unpaired) electrons. The third-order valence-electron chi connectivity index (χ3n) is 3.42. The third kappa shape index (κ3) is 1.27. The standard InChI is InChI=1S/C9H15NO2S/c1-10(7-5-13-6-7)9(8(11)12)3-2-4-9/h7H,2-6H2,1H3,(H,11,12). The molecule has 2 fully saturated rings. The highest BCUT2D eigenvalue weighted by Crippen LogP contribution is 2.40. The molecule has 1 aliphatic heterocycles. The van der Waals surface area contributed by atoms with Gasteiger partial charge in [-0.1, -0.05) is 0 Å². The molecule has 1 N–H and O–H groups in total. The minimum atomic E-state index is -0.627. The summed E-state index contributed by atoms with van der Waals surface area (Å²) in [5.41, 5.74) is -0.508. The van der Waals surface area contributed by atoms with Gasteiger partial charge in [-0.25, -0.2) is 0 Å². The SMILES string of the molecule is CN(C1CSC1)C1(C(=O)O)CCC1. The first-order valence-electron chi connectivity index (χ1n) is 4.71. The fraction of sp³-hybridized carbons (Fsp3) is 0.889. The predicted molar refractivity (Wildman–Crippen MR) is 53.1 cm³/mol. The second-order valence-electron chi connectivity index (χ2n) is 3.99. The molecule has 1 heterocycles. The van der Waals surface area contributed by atoms with E-state index in [4.69, 9.17) is 0 Å². The molecule has 2 rings (SSSR count). The van der Waals surface area contributed by atoms with Crippen LogP contribution >= 0.6 is 11.8 Å². The second-order valence-corrected chi connectivity index (χ2v) is 5.07. The first-order valence-corrected chi connectivity index (χ1v) is 5.86. The lowest BCUT2D eigenvalue weighted by molar-refractivity contribution is -0.158. The van der Waals surface area contributed by atoms with E-state index in [1.807, 2.05) is 18.8 Å². The Morgan fingerprint density at radius 3 is 2.38 bits per heavy atom. The summed E-state index contributed by atoms with van der Waals surface area (Å²) in [7, 11) is 1.97. The number of carboxylic acids is 1. The molecular formula is C9H15NO2S. The van der Waals surface area contributed by atoms with Gasteiger partial charge in [0.15, 0.2) is 0 Å². The highest BCUT2D eigenvalue weighted by molar-refractivity contribution is 8.00. The molecule has 4 heteroatoms. The minimum absolute atomic E-state index is 0.501. The van der Waals surface area contributed by atoms with Gasteiger partial charge in [-0.05, 0) is 26.3 Å². The van der Waals surface area contributed by atoms with Gasteiger partial charge in [0.2, 0.25) is 0 Å². The molecule has 0 amide bonds. The van der Waals surface area contributed by atoms with Crippen molar-refractivity contribution >= 4 is 17.7 Å². The zero-order valence-electron chi connectivity index (χ0n) is 7.82. The maximum atomic E-state index is 11.1. The molecule has 0 aromatic carbocycles. The van der Waals surface area contributed by atoms with Crippen molar-refractivity contribution in [2.45, 2.75) is 30.8 Å². The van der Waals surface area contributed by atoms with E-state index >= 15 is 0 Å². The number of thioether (sulfide) groups is 1. The number of rotatable bonds is 3.